The summed E-state index contributed by atoms with van der Waals surface area (Å²) in [7, 11) is 3.43. The fraction of sp³-hybridized carbons (Fsp3) is 0.522. The number of ether oxygens (including phenoxy) is 2. The SMILES string of the molecule is COCOc1cc(C(F)(F)F)ccc1-c1nnc(C(NC(C)=O)C2CCCN(C)C2)cc1C. The summed E-state index contributed by atoms with van der Waals surface area (Å²) in [6.07, 6.45) is -2.54. The number of likely N-dealkylation sites (tertiary alicyclic amines) is 1. The summed E-state index contributed by atoms with van der Waals surface area (Å²) in [5.74, 6) is 0.0257. The van der Waals surface area contributed by atoms with Gasteiger partial charge in [0.25, 0.3) is 0 Å². The number of rotatable bonds is 7. The van der Waals surface area contributed by atoms with Crippen molar-refractivity contribution in [3.63, 3.8) is 0 Å². The molecule has 10 heteroatoms. The number of piperidine rings is 1. The molecule has 0 radical (unpaired) electrons. The van der Waals surface area contributed by atoms with Crippen molar-refractivity contribution >= 4 is 5.91 Å². The monoisotopic (exact) mass is 466 g/mol. The highest BCUT2D eigenvalue weighted by Crippen LogP contribution is 2.38. The minimum absolute atomic E-state index is 0.00383. The van der Waals surface area contributed by atoms with Crippen LogP contribution >= 0.6 is 0 Å². The van der Waals surface area contributed by atoms with Gasteiger partial charge >= 0.3 is 6.18 Å². The molecule has 1 aliphatic heterocycles. The number of hydrogen-bond donors (Lipinski definition) is 1. The Hall–Kier alpha value is -2.72. The second-order valence-electron chi connectivity index (χ2n) is 8.40. The largest absolute Gasteiger partial charge is 0.467 e. The third kappa shape index (κ3) is 6.20. The Morgan fingerprint density at radius 3 is 2.67 bits per heavy atom. The number of methoxy groups -OCH3 is 1. The van der Waals surface area contributed by atoms with E-state index in [1.165, 1.54) is 20.1 Å². The first-order valence-electron chi connectivity index (χ1n) is 10.7. The van der Waals surface area contributed by atoms with Gasteiger partial charge in [0, 0.05) is 26.1 Å². The molecular weight excluding hydrogens is 437 g/mol. The summed E-state index contributed by atoms with van der Waals surface area (Å²) in [4.78, 5) is 14.1. The molecule has 0 saturated carbocycles. The Kier molecular flexibility index (Phi) is 7.91. The van der Waals surface area contributed by atoms with Gasteiger partial charge in [-0.05, 0) is 69.1 Å². The maximum absolute atomic E-state index is 13.2. The number of carbonyl (C=O) groups excluding carboxylic acids is 1. The lowest BCUT2D eigenvalue weighted by molar-refractivity contribution is -0.137. The predicted octanol–water partition coefficient (Wildman–Crippen LogP) is 3.97. The van der Waals surface area contributed by atoms with Crippen molar-refractivity contribution in [3.05, 3.63) is 41.1 Å². The molecule has 7 nitrogen and oxygen atoms in total. The second kappa shape index (κ2) is 10.5. The van der Waals surface area contributed by atoms with E-state index in [4.69, 9.17) is 9.47 Å². The molecule has 33 heavy (non-hydrogen) atoms. The van der Waals surface area contributed by atoms with Crippen molar-refractivity contribution < 1.29 is 27.4 Å². The number of alkyl halides is 3. The van der Waals surface area contributed by atoms with Crippen LogP contribution in [-0.2, 0) is 15.7 Å². The van der Waals surface area contributed by atoms with Crippen LogP contribution in [0.4, 0.5) is 13.2 Å². The van der Waals surface area contributed by atoms with Crippen LogP contribution in [0.15, 0.2) is 24.3 Å². The number of carbonyl (C=O) groups is 1. The zero-order valence-corrected chi connectivity index (χ0v) is 19.2. The van der Waals surface area contributed by atoms with Gasteiger partial charge in [-0.15, -0.1) is 5.10 Å². The number of aryl methyl sites for hydroxylation is 1. The zero-order chi connectivity index (χ0) is 24.2. The van der Waals surface area contributed by atoms with Crippen LogP contribution in [0.25, 0.3) is 11.3 Å². The molecule has 1 aliphatic rings. The number of nitrogens with one attached hydrogen (secondary N) is 1. The molecule has 1 aromatic carbocycles. The summed E-state index contributed by atoms with van der Waals surface area (Å²) in [5, 5.41) is 11.7. The van der Waals surface area contributed by atoms with Crippen LogP contribution in [0, 0.1) is 12.8 Å². The average molecular weight is 467 g/mol. The van der Waals surface area contributed by atoms with Gasteiger partial charge in [0.1, 0.15) is 5.75 Å². The van der Waals surface area contributed by atoms with Crippen molar-refractivity contribution in [2.24, 2.45) is 5.92 Å². The quantitative estimate of drug-likeness (QED) is 0.623. The molecular formula is C23H29F3N4O3. The highest BCUT2D eigenvalue weighted by molar-refractivity contribution is 5.73. The molecule has 2 aromatic rings. The Bertz CT molecular complexity index is 984. The molecule has 1 amide bonds. The van der Waals surface area contributed by atoms with E-state index in [9.17, 15) is 18.0 Å². The number of amides is 1. The topological polar surface area (TPSA) is 76.6 Å². The number of benzene rings is 1. The van der Waals surface area contributed by atoms with Gasteiger partial charge < -0.3 is 19.7 Å². The highest BCUT2D eigenvalue weighted by Gasteiger charge is 2.32. The van der Waals surface area contributed by atoms with Crippen LogP contribution < -0.4 is 10.1 Å². The van der Waals surface area contributed by atoms with E-state index >= 15 is 0 Å². The van der Waals surface area contributed by atoms with E-state index in [2.05, 4.69) is 20.4 Å². The zero-order valence-electron chi connectivity index (χ0n) is 19.2. The van der Waals surface area contributed by atoms with Crippen molar-refractivity contribution in [3.8, 4) is 17.0 Å². The third-order valence-corrected chi connectivity index (χ3v) is 5.71. The van der Waals surface area contributed by atoms with Crippen LogP contribution in [0.2, 0.25) is 0 Å². The van der Waals surface area contributed by atoms with E-state index in [0.29, 0.717) is 22.5 Å². The second-order valence-corrected chi connectivity index (χ2v) is 8.40. The fourth-order valence-electron chi connectivity index (χ4n) is 4.19. The molecule has 2 atom stereocenters. The van der Waals surface area contributed by atoms with Crippen LogP contribution in [0.5, 0.6) is 5.75 Å². The standard InChI is InChI=1S/C23H29F3N4O3/c1-14-10-19(22(27-15(2)31)16-6-5-9-30(3)12-16)28-29-21(14)18-8-7-17(23(24,25)26)11-20(18)33-13-32-4/h7-8,10-11,16,22H,5-6,9,12-13H2,1-4H3,(H,27,31). The molecule has 1 aromatic heterocycles. The first-order chi connectivity index (χ1) is 15.6. The van der Waals surface area contributed by atoms with Gasteiger partial charge in [-0.3, -0.25) is 4.79 Å². The van der Waals surface area contributed by atoms with Crippen LogP contribution in [-0.4, -0.2) is 55.0 Å². The third-order valence-electron chi connectivity index (χ3n) is 5.71. The number of nitrogens with zero attached hydrogens (tertiary/aromatic N) is 3. The summed E-state index contributed by atoms with van der Waals surface area (Å²) < 4.78 is 49.9. The van der Waals surface area contributed by atoms with Gasteiger partial charge in [0.05, 0.1) is 23.0 Å². The normalized spacial score (nSPS) is 18.1. The lowest BCUT2D eigenvalue weighted by atomic mass is 9.88. The molecule has 1 fully saturated rings. The van der Waals surface area contributed by atoms with E-state index < -0.39 is 11.7 Å². The van der Waals surface area contributed by atoms with Crippen molar-refractivity contribution in [1.82, 2.24) is 20.4 Å². The molecule has 1 saturated heterocycles. The summed E-state index contributed by atoms with van der Waals surface area (Å²) >= 11 is 0. The maximum Gasteiger partial charge on any atom is 0.416 e. The summed E-state index contributed by atoms with van der Waals surface area (Å²) in [5.41, 5.74) is 1.29. The maximum atomic E-state index is 13.2. The van der Waals surface area contributed by atoms with E-state index in [1.54, 1.807) is 0 Å². The molecule has 1 N–H and O–H groups in total. The lowest BCUT2D eigenvalue weighted by Crippen LogP contribution is -2.41. The van der Waals surface area contributed by atoms with Crippen LogP contribution in [0.3, 0.4) is 0 Å². The Balaban J connectivity index is 1.98. The number of aromatic nitrogens is 2. The molecule has 0 spiro atoms. The van der Waals surface area contributed by atoms with Gasteiger partial charge in [0.15, 0.2) is 6.79 Å². The fourth-order valence-corrected chi connectivity index (χ4v) is 4.19. The minimum atomic E-state index is -4.51. The number of hydrogen-bond acceptors (Lipinski definition) is 6. The van der Waals surface area contributed by atoms with E-state index in [-0.39, 0.29) is 30.4 Å². The predicted molar refractivity (Wildman–Crippen MR) is 116 cm³/mol. The first-order valence-corrected chi connectivity index (χ1v) is 10.7. The van der Waals surface area contributed by atoms with Crippen molar-refractivity contribution in [2.75, 3.05) is 34.0 Å². The van der Waals surface area contributed by atoms with Crippen LogP contribution in [0.1, 0.15) is 42.6 Å². The molecule has 0 bridgehead atoms. The molecule has 3 rings (SSSR count). The van der Waals surface area contributed by atoms with Gasteiger partial charge in [0.2, 0.25) is 5.91 Å². The highest BCUT2D eigenvalue weighted by atomic mass is 19.4. The van der Waals surface area contributed by atoms with Crippen molar-refractivity contribution in [2.45, 2.75) is 38.9 Å². The van der Waals surface area contributed by atoms with Gasteiger partial charge in [-0.1, -0.05) is 0 Å². The van der Waals surface area contributed by atoms with Crippen molar-refractivity contribution in [1.29, 1.82) is 0 Å². The molecule has 2 heterocycles. The number of halogens is 3. The minimum Gasteiger partial charge on any atom is -0.467 e. The Labute approximate surface area is 191 Å². The summed E-state index contributed by atoms with van der Waals surface area (Å²) in [6, 6.07) is 4.77. The van der Waals surface area contributed by atoms with E-state index in [0.717, 1.165) is 38.1 Å². The Morgan fingerprint density at radius 1 is 1.30 bits per heavy atom. The molecule has 0 aliphatic carbocycles. The molecule has 180 valence electrons. The lowest BCUT2D eigenvalue weighted by Gasteiger charge is -2.35. The summed E-state index contributed by atoms with van der Waals surface area (Å²) in [6.45, 7) is 4.89. The van der Waals surface area contributed by atoms with E-state index in [1.807, 2.05) is 20.0 Å². The van der Waals surface area contributed by atoms with Gasteiger partial charge in [-0.25, -0.2) is 0 Å². The average Bonchev–Trinajstić information content (AvgIpc) is 2.75. The Morgan fingerprint density at radius 2 is 2.06 bits per heavy atom. The smallest absolute Gasteiger partial charge is 0.416 e. The first kappa shape index (κ1) is 24.9. The van der Waals surface area contributed by atoms with Gasteiger partial charge in [-0.2, -0.15) is 18.3 Å². The molecule has 2 unspecified atom stereocenters.